The van der Waals surface area contributed by atoms with Crippen LogP contribution in [0.3, 0.4) is 0 Å². The first-order valence-electron chi connectivity index (χ1n) is 10.2. The molecule has 1 aromatic rings. The first-order valence-corrected chi connectivity index (χ1v) is 10.2. The molecule has 0 radical (unpaired) electrons. The van der Waals surface area contributed by atoms with Gasteiger partial charge in [-0.1, -0.05) is 24.1 Å². The number of hydrogen-bond acceptors (Lipinski definition) is 4. The van der Waals surface area contributed by atoms with E-state index in [0.717, 1.165) is 24.8 Å². The van der Waals surface area contributed by atoms with Crippen LogP contribution in [0, 0.1) is 12.3 Å². The summed E-state index contributed by atoms with van der Waals surface area (Å²) in [7, 11) is 0. The van der Waals surface area contributed by atoms with E-state index in [1.165, 1.54) is 0 Å². The van der Waals surface area contributed by atoms with Gasteiger partial charge in [-0.3, -0.25) is 14.4 Å². The predicted molar refractivity (Wildman–Crippen MR) is 112 cm³/mol. The van der Waals surface area contributed by atoms with E-state index in [0.29, 0.717) is 18.7 Å². The van der Waals surface area contributed by atoms with Gasteiger partial charge in [0.2, 0.25) is 17.7 Å². The first kappa shape index (κ1) is 21.4. The Morgan fingerprint density at radius 3 is 2.63 bits per heavy atom. The third kappa shape index (κ3) is 4.48. The average Bonchev–Trinajstić information content (AvgIpc) is 3.40. The number of amides is 3. The highest BCUT2D eigenvalue weighted by Gasteiger charge is 2.55. The second-order valence-corrected chi connectivity index (χ2v) is 7.75. The minimum atomic E-state index is -0.771. The van der Waals surface area contributed by atoms with Crippen molar-refractivity contribution in [1.29, 1.82) is 0 Å². The van der Waals surface area contributed by atoms with E-state index >= 15 is 0 Å². The number of benzene rings is 1. The Morgan fingerprint density at radius 2 is 2.07 bits per heavy atom. The molecule has 0 unspecified atom stereocenters. The highest BCUT2D eigenvalue weighted by molar-refractivity contribution is 5.96. The van der Waals surface area contributed by atoms with Crippen LogP contribution in [-0.4, -0.2) is 41.2 Å². The molecule has 1 aromatic carbocycles. The van der Waals surface area contributed by atoms with Crippen molar-refractivity contribution in [2.45, 2.75) is 56.5 Å². The number of carbonyl (C=O) groups excluding carboxylic acids is 3. The summed E-state index contributed by atoms with van der Waals surface area (Å²) in [5, 5.41) is 2.67. The summed E-state index contributed by atoms with van der Waals surface area (Å²) in [6.07, 6.45) is 11.5. The molecular formula is C23H27N3O4. The lowest BCUT2D eigenvalue weighted by Crippen LogP contribution is -2.51. The Balaban J connectivity index is 1.71. The van der Waals surface area contributed by atoms with Gasteiger partial charge >= 0.3 is 0 Å². The van der Waals surface area contributed by atoms with Crippen molar-refractivity contribution in [3.05, 3.63) is 42.2 Å². The molecule has 0 bridgehead atoms. The number of nitrogens with two attached hydrogens (primary N) is 1. The largest absolute Gasteiger partial charge is 0.465 e. The fraction of sp³-hybridized carbons (Fsp3) is 0.435. The van der Waals surface area contributed by atoms with Crippen molar-refractivity contribution in [2.75, 3.05) is 6.54 Å². The Labute approximate surface area is 176 Å². The van der Waals surface area contributed by atoms with Gasteiger partial charge in [-0.25, -0.2) is 0 Å². The van der Waals surface area contributed by atoms with Crippen molar-refractivity contribution in [3.63, 3.8) is 0 Å². The van der Waals surface area contributed by atoms with E-state index in [2.05, 4.69) is 11.2 Å². The maximum atomic E-state index is 13.4. The van der Waals surface area contributed by atoms with E-state index in [1.54, 1.807) is 17.2 Å². The predicted octanol–water partition coefficient (Wildman–Crippen LogP) is 1.62. The number of terminal acetylenes is 1. The summed E-state index contributed by atoms with van der Waals surface area (Å²) in [6.45, 7) is 2.40. The van der Waals surface area contributed by atoms with Gasteiger partial charge in [0.05, 0.1) is 24.1 Å². The third-order valence-electron chi connectivity index (χ3n) is 5.65. The molecule has 2 fully saturated rings. The molecule has 2 aliphatic rings. The summed E-state index contributed by atoms with van der Waals surface area (Å²) >= 11 is 0. The molecule has 1 saturated carbocycles. The van der Waals surface area contributed by atoms with Gasteiger partial charge < -0.3 is 20.7 Å². The summed E-state index contributed by atoms with van der Waals surface area (Å²) in [5.41, 5.74) is 5.53. The topological polar surface area (TPSA) is 102 Å². The summed E-state index contributed by atoms with van der Waals surface area (Å²) in [6, 6.07) is 6.16. The molecule has 3 rings (SSSR count). The van der Waals surface area contributed by atoms with Crippen LogP contribution >= 0.6 is 0 Å². The molecule has 30 heavy (non-hydrogen) atoms. The van der Waals surface area contributed by atoms with Gasteiger partial charge in [0.15, 0.2) is 0 Å². The number of carbonyl (C=O) groups is 3. The zero-order chi connectivity index (χ0) is 21.7. The van der Waals surface area contributed by atoms with E-state index in [1.807, 2.05) is 31.2 Å². The van der Waals surface area contributed by atoms with Gasteiger partial charge in [0.1, 0.15) is 11.8 Å². The monoisotopic (exact) mass is 409 g/mol. The maximum absolute atomic E-state index is 13.4. The Kier molecular flexibility index (Phi) is 6.46. The van der Waals surface area contributed by atoms with Crippen LogP contribution < -0.4 is 15.8 Å². The zero-order valence-electron chi connectivity index (χ0n) is 17.1. The average molecular weight is 409 g/mol. The molecule has 1 saturated heterocycles. The van der Waals surface area contributed by atoms with Crippen LogP contribution in [0.25, 0.3) is 0 Å². The molecule has 7 heteroatoms. The second-order valence-electron chi connectivity index (χ2n) is 7.75. The number of likely N-dealkylation sites (tertiary alicyclic amines) is 1. The second kappa shape index (κ2) is 9.04. The summed E-state index contributed by atoms with van der Waals surface area (Å²) in [5.74, 6) is 2.11. The lowest BCUT2D eigenvalue weighted by Gasteiger charge is -2.29. The first-order chi connectivity index (χ1) is 14.4. The molecule has 2 atom stereocenters. The summed E-state index contributed by atoms with van der Waals surface area (Å²) < 4.78 is 5.45. The number of ether oxygens (including phenoxy) is 1. The highest BCUT2D eigenvalue weighted by atomic mass is 16.5. The molecule has 158 valence electrons. The van der Waals surface area contributed by atoms with Crippen LogP contribution in [0.2, 0.25) is 0 Å². The van der Waals surface area contributed by atoms with E-state index < -0.39 is 23.4 Å². The standard InChI is InChI=1S/C23H27N3O4/c1-3-14-30-18-9-7-16(8-10-18)23(11-12-23)22(29)26-13-5-6-19(26)21(28)25-17(4-2)15-20(24)27/h2-3,7-10,14,17,19H,5-6,11-13,15H2,1H3,(H2,24,27)(H,25,28)/b14-3-/t17-,19+/m1/s1. The minimum absolute atomic E-state index is 0.0329. The van der Waals surface area contributed by atoms with E-state index in [9.17, 15) is 14.4 Å². The fourth-order valence-corrected chi connectivity index (χ4v) is 3.93. The van der Waals surface area contributed by atoms with Gasteiger partial charge in [-0.15, -0.1) is 6.42 Å². The van der Waals surface area contributed by atoms with Crippen molar-refractivity contribution in [3.8, 4) is 18.1 Å². The highest BCUT2D eigenvalue weighted by Crippen LogP contribution is 2.50. The SMILES string of the molecule is C#C[C@H](CC(N)=O)NC(=O)[C@@H]1CCCN1C(=O)C1(c2ccc(O/C=C\C)cc2)CC1. The molecule has 1 heterocycles. The van der Waals surface area contributed by atoms with Crippen LogP contribution in [0.5, 0.6) is 5.75 Å². The molecule has 1 aliphatic heterocycles. The fourth-order valence-electron chi connectivity index (χ4n) is 3.93. The van der Waals surface area contributed by atoms with Crippen LogP contribution in [0.4, 0.5) is 0 Å². The lowest BCUT2D eigenvalue weighted by atomic mass is 9.93. The smallest absolute Gasteiger partial charge is 0.243 e. The molecule has 1 aliphatic carbocycles. The summed E-state index contributed by atoms with van der Waals surface area (Å²) in [4.78, 5) is 39.0. The minimum Gasteiger partial charge on any atom is -0.465 e. The van der Waals surface area contributed by atoms with Gasteiger partial charge in [0.25, 0.3) is 0 Å². The number of allylic oxidation sites excluding steroid dienone is 1. The van der Waals surface area contributed by atoms with Crippen molar-refractivity contribution in [2.24, 2.45) is 5.73 Å². The normalized spacial score (nSPS) is 20.4. The molecular weight excluding hydrogens is 382 g/mol. The number of nitrogens with zero attached hydrogens (tertiary/aromatic N) is 1. The van der Waals surface area contributed by atoms with E-state index in [4.69, 9.17) is 16.9 Å². The lowest BCUT2D eigenvalue weighted by molar-refractivity contribution is -0.140. The number of primary amides is 1. The number of hydrogen-bond donors (Lipinski definition) is 2. The number of rotatable bonds is 8. The molecule has 0 aromatic heterocycles. The molecule has 7 nitrogen and oxygen atoms in total. The third-order valence-corrected chi connectivity index (χ3v) is 5.65. The van der Waals surface area contributed by atoms with Crippen LogP contribution in [-0.2, 0) is 19.8 Å². The molecule has 0 spiro atoms. The Hall–Kier alpha value is -3.27. The Bertz CT molecular complexity index is 881. The van der Waals surface area contributed by atoms with Gasteiger partial charge in [-0.2, -0.15) is 0 Å². The van der Waals surface area contributed by atoms with Crippen LogP contribution in [0.1, 0.15) is 44.6 Å². The van der Waals surface area contributed by atoms with Gasteiger partial charge in [0, 0.05) is 6.54 Å². The van der Waals surface area contributed by atoms with Gasteiger partial charge in [-0.05, 0) is 50.3 Å². The quantitative estimate of drug-likeness (QED) is 0.503. The molecule has 3 amide bonds. The zero-order valence-corrected chi connectivity index (χ0v) is 17.1. The van der Waals surface area contributed by atoms with Crippen molar-refractivity contribution >= 4 is 17.7 Å². The maximum Gasteiger partial charge on any atom is 0.243 e. The van der Waals surface area contributed by atoms with Crippen molar-refractivity contribution in [1.82, 2.24) is 10.2 Å². The van der Waals surface area contributed by atoms with Crippen LogP contribution in [0.15, 0.2) is 36.6 Å². The number of nitrogens with one attached hydrogen (secondary N) is 1. The van der Waals surface area contributed by atoms with E-state index in [-0.39, 0.29) is 18.2 Å². The Morgan fingerprint density at radius 1 is 1.37 bits per heavy atom. The molecule has 3 N–H and O–H groups in total. The van der Waals surface area contributed by atoms with Crippen molar-refractivity contribution < 1.29 is 19.1 Å².